The van der Waals surface area contributed by atoms with Crippen LogP contribution in [0.2, 0.25) is 0 Å². The van der Waals surface area contributed by atoms with Crippen LogP contribution in [0.4, 0.5) is 5.69 Å². The monoisotopic (exact) mass is 447 g/mol. The van der Waals surface area contributed by atoms with E-state index in [2.05, 4.69) is 21.6 Å². The minimum atomic E-state index is -0.269. The number of nitrogens with one attached hydrogen (secondary N) is 1. The summed E-state index contributed by atoms with van der Waals surface area (Å²) >= 11 is 0. The number of amides is 1. The Bertz CT molecular complexity index is 1350. The number of nitrogens with zero attached hydrogens (tertiary/aromatic N) is 4. The summed E-state index contributed by atoms with van der Waals surface area (Å²) in [4.78, 5) is 25.5. The maximum atomic E-state index is 13.0. The van der Waals surface area contributed by atoms with Crippen molar-refractivity contribution in [1.82, 2.24) is 19.2 Å². The Morgan fingerprint density at radius 2 is 1.61 bits per heavy atom. The Hall–Kier alpha value is -4.14. The minimum absolute atomic E-state index is 0.167. The van der Waals surface area contributed by atoms with Gasteiger partial charge in [-0.25, -0.2) is 0 Å². The van der Waals surface area contributed by atoms with Crippen molar-refractivity contribution >= 4 is 17.2 Å². The van der Waals surface area contributed by atoms with E-state index < -0.39 is 0 Å². The van der Waals surface area contributed by atoms with Crippen LogP contribution in [-0.2, 0) is 11.2 Å². The van der Waals surface area contributed by atoms with E-state index in [0.717, 1.165) is 16.8 Å². The van der Waals surface area contributed by atoms with Gasteiger partial charge in [0.2, 0.25) is 11.6 Å². The van der Waals surface area contributed by atoms with Crippen LogP contribution >= 0.6 is 0 Å². The SMILES string of the molecule is COc1cc(NC(=O)CCc2nnc3c(=O)n(-c4cc(C)cc(C)c4)ccn23)cc(OC)c1. The van der Waals surface area contributed by atoms with Gasteiger partial charge >= 0.3 is 5.56 Å². The van der Waals surface area contributed by atoms with Crippen molar-refractivity contribution < 1.29 is 14.3 Å². The second kappa shape index (κ2) is 9.15. The van der Waals surface area contributed by atoms with Crippen LogP contribution in [-0.4, -0.2) is 39.3 Å². The quantitative estimate of drug-likeness (QED) is 0.467. The zero-order valence-corrected chi connectivity index (χ0v) is 19.0. The van der Waals surface area contributed by atoms with E-state index in [-0.39, 0.29) is 23.5 Å². The molecule has 4 rings (SSSR count). The van der Waals surface area contributed by atoms with E-state index in [9.17, 15) is 9.59 Å². The molecule has 0 fully saturated rings. The van der Waals surface area contributed by atoms with Crippen molar-refractivity contribution in [2.45, 2.75) is 26.7 Å². The minimum Gasteiger partial charge on any atom is -0.497 e. The van der Waals surface area contributed by atoms with Crippen LogP contribution in [0.25, 0.3) is 11.3 Å². The lowest BCUT2D eigenvalue weighted by Crippen LogP contribution is -2.20. The molecule has 0 saturated heterocycles. The molecule has 0 unspecified atom stereocenters. The van der Waals surface area contributed by atoms with Gasteiger partial charge in [0.25, 0.3) is 0 Å². The Kier molecular flexibility index (Phi) is 6.12. The first-order valence-electron chi connectivity index (χ1n) is 10.4. The van der Waals surface area contributed by atoms with Gasteiger partial charge in [0.1, 0.15) is 17.3 Å². The third kappa shape index (κ3) is 4.72. The van der Waals surface area contributed by atoms with Gasteiger partial charge in [-0.3, -0.25) is 18.6 Å². The molecule has 9 heteroatoms. The molecule has 0 aliphatic rings. The van der Waals surface area contributed by atoms with E-state index in [4.69, 9.17) is 9.47 Å². The number of methoxy groups -OCH3 is 2. The van der Waals surface area contributed by atoms with Crippen molar-refractivity contribution in [1.29, 1.82) is 0 Å². The molecule has 0 aliphatic carbocycles. The number of hydrogen-bond acceptors (Lipinski definition) is 6. The van der Waals surface area contributed by atoms with Gasteiger partial charge in [0.05, 0.1) is 14.2 Å². The first-order chi connectivity index (χ1) is 15.9. The van der Waals surface area contributed by atoms with Crippen molar-refractivity contribution in [3.05, 3.63) is 76.1 Å². The summed E-state index contributed by atoms with van der Waals surface area (Å²) < 4.78 is 13.6. The second-order valence-electron chi connectivity index (χ2n) is 7.78. The van der Waals surface area contributed by atoms with Gasteiger partial charge in [-0.2, -0.15) is 0 Å². The summed E-state index contributed by atoms with van der Waals surface area (Å²) in [5, 5.41) is 11.0. The number of ether oxygens (including phenoxy) is 2. The van der Waals surface area contributed by atoms with Crippen molar-refractivity contribution in [2.24, 2.45) is 0 Å². The van der Waals surface area contributed by atoms with E-state index >= 15 is 0 Å². The Morgan fingerprint density at radius 1 is 0.939 bits per heavy atom. The van der Waals surface area contributed by atoms with E-state index in [0.29, 0.717) is 29.4 Å². The predicted molar refractivity (Wildman–Crippen MR) is 125 cm³/mol. The number of benzene rings is 2. The standard InChI is InChI=1S/C24H25N5O4/c1-15-9-16(2)11-18(10-15)28-7-8-29-21(26-27-23(29)24(28)31)5-6-22(30)25-17-12-19(32-3)14-20(13-17)33-4/h7-14H,5-6H2,1-4H3,(H,25,30). The Balaban J connectivity index is 1.51. The van der Waals surface area contributed by atoms with Gasteiger partial charge in [-0.1, -0.05) is 6.07 Å². The average molecular weight is 447 g/mol. The molecule has 9 nitrogen and oxygen atoms in total. The highest BCUT2D eigenvalue weighted by molar-refractivity contribution is 5.91. The highest BCUT2D eigenvalue weighted by Crippen LogP contribution is 2.26. The molecule has 0 spiro atoms. The van der Waals surface area contributed by atoms with E-state index in [1.807, 2.05) is 26.0 Å². The number of carbonyl (C=O) groups is 1. The normalized spacial score (nSPS) is 10.9. The molecule has 0 saturated carbocycles. The predicted octanol–water partition coefficient (Wildman–Crippen LogP) is 3.09. The van der Waals surface area contributed by atoms with Gasteiger partial charge in [0.15, 0.2) is 0 Å². The zero-order valence-electron chi connectivity index (χ0n) is 19.0. The van der Waals surface area contributed by atoms with Gasteiger partial charge in [0, 0.05) is 54.8 Å². The van der Waals surface area contributed by atoms with Crippen LogP contribution in [0.3, 0.4) is 0 Å². The average Bonchev–Trinajstić information content (AvgIpc) is 3.21. The maximum absolute atomic E-state index is 13.0. The van der Waals surface area contributed by atoms with Crippen molar-refractivity contribution in [2.75, 3.05) is 19.5 Å². The lowest BCUT2D eigenvalue weighted by Gasteiger charge is -2.10. The second-order valence-corrected chi connectivity index (χ2v) is 7.78. The molecule has 0 atom stereocenters. The number of hydrogen-bond donors (Lipinski definition) is 1. The Morgan fingerprint density at radius 3 is 2.24 bits per heavy atom. The fraction of sp³-hybridized carbons (Fsp3) is 0.250. The lowest BCUT2D eigenvalue weighted by atomic mass is 10.1. The molecular weight excluding hydrogens is 422 g/mol. The Labute approximate surface area is 190 Å². The summed E-state index contributed by atoms with van der Waals surface area (Å²) in [6, 6.07) is 11.1. The topological polar surface area (TPSA) is 99.8 Å². The van der Waals surface area contributed by atoms with Crippen LogP contribution in [0.15, 0.2) is 53.6 Å². The van der Waals surface area contributed by atoms with Crippen LogP contribution in [0, 0.1) is 13.8 Å². The lowest BCUT2D eigenvalue weighted by molar-refractivity contribution is -0.116. The molecule has 33 heavy (non-hydrogen) atoms. The summed E-state index contributed by atoms with van der Waals surface area (Å²) in [7, 11) is 3.09. The third-order valence-corrected chi connectivity index (χ3v) is 5.24. The van der Waals surface area contributed by atoms with Crippen molar-refractivity contribution in [3.8, 4) is 17.2 Å². The molecule has 2 heterocycles. The number of anilines is 1. The van der Waals surface area contributed by atoms with E-state index in [1.54, 1.807) is 53.8 Å². The van der Waals surface area contributed by atoms with Crippen molar-refractivity contribution in [3.63, 3.8) is 0 Å². The van der Waals surface area contributed by atoms with Gasteiger partial charge < -0.3 is 14.8 Å². The molecule has 2 aromatic carbocycles. The van der Waals surface area contributed by atoms with Crippen LogP contribution in [0.5, 0.6) is 11.5 Å². The highest BCUT2D eigenvalue weighted by atomic mass is 16.5. The fourth-order valence-corrected chi connectivity index (χ4v) is 3.73. The summed E-state index contributed by atoms with van der Waals surface area (Å²) in [5.41, 5.74) is 3.42. The number of aromatic nitrogens is 4. The molecule has 0 aliphatic heterocycles. The molecule has 0 bridgehead atoms. The number of aryl methyl sites for hydroxylation is 3. The van der Waals surface area contributed by atoms with Crippen LogP contribution in [0.1, 0.15) is 23.4 Å². The molecule has 2 aromatic heterocycles. The van der Waals surface area contributed by atoms with Gasteiger partial charge in [-0.05, 0) is 37.1 Å². The van der Waals surface area contributed by atoms with Crippen LogP contribution < -0.4 is 20.3 Å². The fourth-order valence-electron chi connectivity index (χ4n) is 3.73. The zero-order chi connectivity index (χ0) is 23.5. The highest BCUT2D eigenvalue weighted by Gasteiger charge is 2.14. The molecule has 1 N–H and O–H groups in total. The molecular formula is C24H25N5O4. The number of carbonyl (C=O) groups excluding carboxylic acids is 1. The third-order valence-electron chi connectivity index (χ3n) is 5.24. The van der Waals surface area contributed by atoms with Gasteiger partial charge in [-0.15, -0.1) is 10.2 Å². The largest absolute Gasteiger partial charge is 0.497 e. The summed E-state index contributed by atoms with van der Waals surface area (Å²) in [5.74, 6) is 1.49. The first kappa shape index (κ1) is 22.1. The number of fused-ring (bicyclic) bond motifs is 1. The first-order valence-corrected chi connectivity index (χ1v) is 10.4. The molecule has 170 valence electrons. The number of rotatable bonds is 7. The van der Waals surface area contributed by atoms with E-state index in [1.165, 1.54) is 0 Å². The molecule has 4 aromatic rings. The smallest absolute Gasteiger partial charge is 0.300 e. The summed E-state index contributed by atoms with van der Waals surface area (Å²) in [6.07, 6.45) is 3.93. The summed E-state index contributed by atoms with van der Waals surface area (Å²) in [6.45, 7) is 3.98. The molecule has 1 amide bonds. The maximum Gasteiger partial charge on any atom is 0.300 e. The molecule has 0 radical (unpaired) electrons.